The lowest BCUT2D eigenvalue weighted by molar-refractivity contribution is -0.119. The second kappa shape index (κ2) is 12.0. The van der Waals surface area contributed by atoms with E-state index in [0.717, 1.165) is 11.8 Å². The molecular formula is C22H30N6O5S. The van der Waals surface area contributed by atoms with Crippen LogP contribution in [0.25, 0.3) is 0 Å². The SMILES string of the molecule is CC(=O)N(c1c[nH]c(=O)c(NS(C)(=O)=O)c1CCc1ccccc1)[C@H](C=O)CCCNC(=N)N. The molecule has 0 aliphatic heterocycles. The van der Waals surface area contributed by atoms with E-state index in [1.807, 2.05) is 30.3 Å². The lowest BCUT2D eigenvalue weighted by Crippen LogP contribution is -2.42. The molecule has 0 aliphatic carbocycles. The van der Waals surface area contributed by atoms with Crippen molar-refractivity contribution < 1.29 is 18.0 Å². The summed E-state index contributed by atoms with van der Waals surface area (Å²) >= 11 is 0. The average Bonchev–Trinajstić information content (AvgIpc) is 2.76. The fourth-order valence-corrected chi connectivity index (χ4v) is 4.19. The second-order valence-electron chi connectivity index (χ2n) is 7.79. The molecule has 0 fully saturated rings. The molecule has 11 nitrogen and oxygen atoms in total. The maximum absolute atomic E-state index is 12.7. The van der Waals surface area contributed by atoms with Gasteiger partial charge in [0.2, 0.25) is 15.9 Å². The summed E-state index contributed by atoms with van der Waals surface area (Å²) in [5, 5.41) is 9.86. The molecule has 2 aromatic rings. The predicted octanol–water partition coefficient (Wildman–Crippen LogP) is 0.715. The van der Waals surface area contributed by atoms with E-state index in [2.05, 4.69) is 15.0 Å². The highest BCUT2D eigenvalue weighted by atomic mass is 32.2. The van der Waals surface area contributed by atoms with Gasteiger partial charge in [0.1, 0.15) is 12.0 Å². The van der Waals surface area contributed by atoms with Crippen LogP contribution in [-0.4, -0.2) is 50.4 Å². The number of nitrogens with two attached hydrogens (primary N) is 1. The first-order valence-electron chi connectivity index (χ1n) is 10.6. The van der Waals surface area contributed by atoms with Crippen molar-refractivity contribution >= 4 is 39.6 Å². The van der Waals surface area contributed by atoms with Crippen LogP contribution in [0, 0.1) is 5.41 Å². The first-order chi connectivity index (χ1) is 16.0. The third kappa shape index (κ3) is 7.73. The number of aryl methyl sites for hydroxylation is 1. The van der Waals surface area contributed by atoms with Gasteiger partial charge in [-0.15, -0.1) is 0 Å². The Labute approximate surface area is 198 Å². The highest BCUT2D eigenvalue weighted by molar-refractivity contribution is 7.92. The molecule has 1 aromatic carbocycles. The van der Waals surface area contributed by atoms with Crippen molar-refractivity contribution in [3.05, 3.63) is 58.0 Å². The summed E-state index contributed by atoms with van der Waals surface area (Å²) < 4.78 is 26.2. The Bertz CT molecular complexity index is 1180. The van der Waals surface area contributed by atoms with Crippen molar-refractivity contribution in [1.82, 2.24) is 10.3 Å². The topological polar surface area (TPSA) is 178 Å². The largest absolute Gasteiger partial charge is 0.370 e. The van der Waals surface area contributed by atoms with Crippen LogP contribution in [0.1, 0.15) is 30.9 Å². The van der Waals surface area contributed by atoms with Gasteiger partial charge in [0, 0.05) is 25.2 Å². The van der Waals surface area contributed by atoms with Crippen LogP contribution in [0.2, 0.25) is 0 Å². The van der Waals surface area contributed by atoms with E-state index in [9.17, 15) is 22.8 Å². The third-order valence-electron chi connectivity index (χ3n) is 5.05. The maximum Gasteiger partial charge on any atom is 0.272 e. The van der Waals surface area contributed by atoms with E-state index in [1.165, 1.54) is 18.0 Å². The van der Waals surface area contributed by atoms with Gasteiger partial charge in [-0.25, -0.2) is 8.42 Å². The van der Waals surface area contributed by atoms with Gasteiger partial charge in [-0.1, -0.05) is 30.3 Å². The van der Waals surface area contributed by atoms with Crippen molar-refractivity contribution in [2.75, 3.05) is 22.4 Å². The molecule has 0 unspecified atom stereocenters. The average molecular weight is 491 g/mol. The molecule has 1 heterocycles. The molecule has 184 valence electrons. The number of guanidine groups is 1. The number of sulfonamides is 1. The summed E-state index contributed by atoms with van der Waals surface area (Å²) in [5.41, 5.74) is 5.93. The van der Waals surface area contributed by atoms with Gasteiger partial charge in [-0.05, 0) is 31.2 Å². The Hall–Kier alpha value is -3.67. The maximum atomic E-state index is 12.7. The molecule has 0 saturated carbocycles. The van der Waals surface area contributed by atoms with Crippen molar-refractivity contribution in [1.29, 1.82) is 5.41 Å². The standard InChI is InChI=1S/C22H30N6O5S/c1-15(30)28(17(14-29)9-6-12-25-22(23)24)19-13-26-21(31)20(27-34(2,32)33)18(19)11-10-16-7-4-3-5-8-16/h3-5,7-8,13-14,17,27H,6,9-12H2,1-2H3,(H,26,31)(H4,23,24,25)/t17-/m0/s1. The predicted molar refractivity (Wildman–Crippen MR) is 132 cm³/mol. The second-order valence-corrected chi connectivity index (χ2v) is 9.54. The van der Waals surface area contributed by atoms with Gasteiger partial charge in [0.05, 0.1) is 18.0 Å². The van der Waals surface area contributed by atoms with E-state index in [1.54, 1.807) is 0 Å². The zero-order valence-corrected chi connectivity index (χ0v) is 19.9. The Balaban J connectivity index is 2.52. The summed E-state index contributed by atoms with van der Waals surface area (Å²) in [7, 11) is -3.80. The van der Waals surface area contributed by atoms with Crippen molar-refractivity contribution in [3.8, 4) is 0 Å². The van der Waals surface area contributed by atoms with Gasteiger partial charge < -0.3 is 25.7 Å². The van der Waals surface area contributed by atoms with Crippen LogP contribution < -0.4 is 26.2 Å². The number of hydrogen-bond donors (Lipinski definition) is 5. The number of rotatable bonds is 12. The molecule has 0 spiro atoms. The van der Waals surface area contributed by atoms with Crippen LogP contribution >= 0.6 is 0 Å². The summed E-state index contributed by atoms with van der Waals surface area (Å²) in [6, 6.07) is 8.52. The third-order valence-corrected chi connectivity index (χ3v) is 5.63. The molecule has 34 heavy (non-hydrogen) atoms. The molecule has 0 saturated heterocycles. The van der Waals surface area contributed by atoms with Gasteiger partial charge in [-0.3, -0.25) is 19.7 Å². The van der Waals surface area contributed by atoms with Gasteiger partial charge >= 0.3 is 0 Å². The molecule has 1 atom stereocenters. The highest BCUT2D eigenvalue weighted by Gasteiger charge is 2.27. The Morgan fingerprint density at radius 1 is 1.26 bits per heavy atom. The monoisotopic (exact) mass is 490 g/mol. The number of H-pyrrole nitrogens is 1. The summed E-state index contributed by atoms with van der Waals surface area (Å²) in [6.45, 7) is 1.62. The molecule has 0 radical (unpaired) electrons. The Morgan fingerprint density at radius 2 is 1.94 bits per heavy atom. The van der Waals surface area contributed by atoms with Crippen molar-refractivity contribution in [2.24, 2.45) is 5.73 Å². The minimum atomic E-state index is -3.80. The fourth-order valence-electron chi connectivity index (χ4n) is 3.61. The number of carbonyl (C=O) groups is 2. The minimum absolute atomic E-state index is 0.190. The van der Waals surface area contributed by atoms with Gasteiger partial charge in [-0.2, -0.15) is 0 Å². The zero-order chi connectivity index (χ0) is 25.3. The number of nitrogens with zero attached hydrogens (tertiary/aromatic N) is 1. The minimum Gasteiger partial charge on any atom is -0.370 e. The molecule has 12 heteroatoms. The van der Waals surface area contributed by atoms with E-state index >= 15 is 0 Å². The number of nitrogens with one attached hydrogen (secondary N) is 4. The number of aromatic amines is 1. The number of amides is 1. The summed E-state index contributed by atoms with van der Waals surface area (Å²) in [4.78, 5) is 40.9. The molecular weight excluding hydrogens is 460 g/mol. The first-order valence-corrected chi connectivity index (χ1v) is 12.5. The molecule has 0 aliphatic rings. The molecule has 1 aromatic heterocycles. The van der Waals surface area contributed by atoms with Gasteiger partial charge in [0.15, 0.2) is 5.96 Å². The number of hydrogen-bond acceptors (Lipinski definition) is 6. The van der Waals surface area contributed by atoms with Crippen LogP contribution in [0.15, 0.2) is 41.3 Å². The number of pyridine rings is 1. The number of aromatic nitrogens is 1. The normalized spacial score (nSPS) is 11.9. The van der Waals surface area contributed by atoms with E-state index < -0.39 is 27.5 Å². The molecule has 2 rings (SSSR count). The highest BCUT2D eigenvalue weighted by Crippen LogP contribution is 2.29. The van der Waals surface area contributed by atoms with Gasteiger partial charge in [0.25, 0.3) is 5.56 Å². The number of carbonyl (C=O) groups excluding carboxylic acids is 2. The summed E-state index contributed by atoms with van der Waals surface area (Å²) in [5.74, 6) is -0.652. The fraction of sp³-hybridized carbons (Fsp3) is 0.364. The zero-order valence-electron chi connectivity index (χ0n) is 19.1. The molecule has 0 bridgehead atoms. The van der Waals surface area contributed by atoms with Crippen molar-refractivity contribution in [3.63, 3.8) is 0 Å². The lowest BCUT2D eigenvalue weighted by atomic mass is 10.0. The van der Waals surface area contributed by atoms with E-state index in [4.69, 9.17) is 11.1 Å². The van der Waals surface area contributed by atoms with Crippen LogP contribution in [0.3, 0.4) is 0 Å². The van der Waals surface area contributed by atoms with Crippen LogP contribution in [0.4, 0.5) is 11.4 Å². The van der Waals surface area contributed by atoms with Crippen LogP contribution in [-0.2, 0) is 32.5 Å². The Morgan fingerprint density at radius 3 is 2.50 bits per heavy atom. The summed E-state index contributed by atoms with van der Waals surface area (Å²) in [6.07, 6.45) is 4.28. The lowest BCUT2D eigenvalue weighted by Gasteiger charge is -2.30. The van der Waals surface area contributed by atoms with Crippen molar-refractivity contribution in [2.45, 2.75) is 38.6 Å². The quantitative estimate of drug-likeness (QED) is 0.126. The first kappa shape index (κ1) is 26.6. The molecule has 6 N–H and O–H groups in total. The van der Waals surface area contributed by atoms with E-state index in [-0.39, 0.29) is 30.2 Å². The molecule has 1 amide bonds. The number of anilines is 2. The van der Waals surface area contributed by atoms with E-state index in [0.29, 0.717) is 31.2 Å². The Kier molecular flexibility index (Phi) is 9.36. The number of aldehydes is 1. The smallest absolute Gasteiger partial charge is 0.272 e. The number of benzene rings is 1. The van der Waals surface area contributed by atoms with Crippen LogP contribution in [0.5, 0.6) is 0 Å².